The molecule has 1 fully saturated rings. The molecule has 3 aromatic carbocycles. The molecule has 0 N–H and O–H groups in total. The van der Waals surface area contributed by atoms with Crippen LogP contribution in [0, 0.1) is 35.8 Å². The second-order valence-corrected chi connectivity index (χ2v) is 9.71. The third-order valence-electron chi connectivity index (χ3n) is 8.20. The van der Waals surface area contributed by atoms with E-state index in [1.807, 2.05) is 48.5 Å². The predicted octanol–water partition coefficient (Wildman–Crippen LogP) is 4.35. The first-order chi connectivity index (χ1) is 16.7. The van der Waals surface area contributed by atoms with Gasteiger partial charge in [0, 0.05) is 12.0 Å². The molecule has 0 radical (unpaired) electrons. The van der Waals surface area contributed by atoms with E-state index in [9.17, 15) is 24.5 Å². The maximum absolute atomic E-state index is 14.2. The lowest BCUT2D eigenvalue weighted by Gasteiger charge is -2.52. The van der Waals surface area contributed by atoms with E-state index in [4.69, 9.17) is 0 Å². The Balaban J connectivity index is 1.66. The van der Waals surface area contributed by atoms with Crippen molar-refractivity contribution < 1.29 is 19.3 Å². The Kier molecular flexibility index (Phi) is 4.25. The molecule has 2 unspecified atom stereocenters. The molecule has 7 rings (SSSR count). The maximum Gasteiger partial charge on any atom is 0.293 e. The quantitative estimate of drug-likeness (QED) is 0.325. The highest BCUT2D eigenvalue weighted by molar-refractivity contribution is 6.26. The minimum Gasteiger partial charge on any atom is -0.299 e. The number of imide groups is 1. The van der Waals surface area contributed by atoms with Crippen LogP contribution in [0.2, 0.25) is 0 Å². The van der Waals surface area contributed by atoms with Crippen molar-refractivity contribution in [2.75, 3.05) is 4.90 Å². The third-order valence-corrected chi connectivity index (χ3v) is 8.20. The molecule has 0 spiro atoms. The van der Waals surface area contributed by atoms with Crippen LogP contribution in [-0.2, 0) is 19.8 Å². The van der Waals surface area contributed by atoms with E-state index in [-0.39, 0.29) is 17.2 Å². The summed E-state index contributed by atoms with van der Waals surface area (Å²) in [7, 11) is 0. The van der Waals surface area contributed by atoms with Gasteiger partial charge in [0.15, 0.2) is 0 Å². The maximum atomic E-state index is 14.2. The molecule has 2 bridgehead atoms. The molecule has 2 amide bonds. The second-order valence-electron chi connectivity index (χ2n) is 9.71. The molecule has 1 saturated heterocycles. The lowest BCUT2D eigenvalue weighted by molar-refractivity contribution is -0.384. The molecule has 4 aliphatic rings. The summed E-state index contributed by atoms with van der Waals surface area (Å²) in [4.78, 5) is 54.2. The SMILES string of the molecule is CC(=O)C12c3ccccc3C(c3ccccc31)C1C(=O)N(c3cc(C)c(C)cc3[N+](=O)[O-])C(=O)C12. The molecule has 1 heterocycles. The first-order valence-corrected chi connectivity index (χ1v) is 11.5. The first kappa shape index (κ1) is 21.4. The van der Waals surface area contributed by atoms with Crippen molar-refractivity contribution in [3.63, 3.8) is 0 Å². The van der Waals surface area contributed by atoms with Gasteiger partial charge in [0.05, 0.1) is 22.2 Å². The summed E-state index contributed by atoms with van der Waals surface area (Å²) in [5.41, 5.74) is 2.98. The summed E-state index contributed by atoms with van der Waals surface area (Å²) < 4.78 is 0. The number of anilines is 1. The van der Waals surface area contributed by atoms with Crippen molar-refractivity contribution in [2.24, 2.45) is 11.8 Å². The van der Waals surface area contributed by atoms with E-state index in [1.165, 1.54) is 19.1 Å². The molecule has 0 aromatic heterocycles. The summed E-state index contributed by atoms with van der Waals surface area (Å²) in [6, 6.07) is 17.9. The average Bonchev–Trinajstić information content (AvgIpc) is 3.11. The van der Waals surface area contributed by atoms with Gasteiger partial charge in [-0.15, -0.1) is 0 Å². The summed E-state index contributed by atoms with van der Waals surface area (Å²) in [5, 5.41) is 11.9. The van der Waals surface area contributed by atoms with Crippen LogP contribution >= 0.6 is 0 Å². The van der Waals surface area contributed by atoms with Crippen LogP contribution in [0.15, 0.2) is 60.7 Å². The summed E-state index contributed by atoms with van der Waals surface area (Å²) in [6.07, 6.45) is 0. The molecule has 3 aliphatic carbocycles. The van der Waals surface area contributed by atoms with Crippen LogP contribution in [0.1, 0.15) is 46.2 Å². The topological polar surface area (TPSA) is 97.6 Å². The van der Waals surface area contributed by atoms with Gasteiger partial charge in [-0.05, 0) is 60.2 Å². The number of carbonyl (C=O) groups is 3. The molecule has 174 valence electrons. The summed E-state index contributed by atoms with van der Waals surface area (Å²) in [6.45, 7) is 5.00. The van der Waals surface area contributed by atoms with Gasteiger partial charge in [0.2, 0.25) is 11.8 Å². The van der Waals surface area contributed by atoms with Crippen molar-refractivity contribution in [2.45, 2.75) is 32.1 Å². The van der Waals surface area contributed by atoms with Crippen LogP contribution in [0.4, 0.5) is 11.4 Å². The number of hydrogen-bond acceptors (Lipinski definition) is 5. The van der Waals surface area contributed by atoms with Crippen molar-refractivity contribution in [1.82, 2.24) is 0 Å². The Bertz CT molecular complexity index is 1460. The average molecular weight is 466 g/mol. The standard InChI is InChI=1S/C28H22N2O5/c1-14-12-21(22(30(34)35)13-15(14)2)29-26(32)24-23-17-8-4-6-10-19(17)28(16(3)31,25(24)27(29)33)20-11-7-5-9-18(20)23/h4-13,23-25H,1-3H3. The minimum atomic E-state index is -1.33. The lowest BCUT2D eigenvalue weighted by Crippen LogP contribution is -2.57. The molecule has 0 saturated carbocycles. The first-order valence-electron chi connectivity index (χ1n) is 11.5. The van der Waals surface area contributed by atoms with E-state index in [0.717, 1.165) is 32.7 Å². The fourth-order valence-electron chi connectivity index (χ4n) is 6.72. The highest BCUT2D eigenvalue weighted by Crippen LogP contribution is 2.64. The van der Waals surface area contributed by atoms with E-state index in [0.29, 0.717) is 5.56 Å². The largest absolute Gasteiger partial charge is 0.299 e. The second kappa shape index (κ2) is 6.95. The van der Waals surface area contributed by atoms with Crippen molar-refractivity contribution in [3.05, 3.63) is 104 Å². The van der Waals surface area contributed by atoms with Gasteiger partial charge >= 0.3 is 0 Å². The normalized spacial score (nSPS) is 25.8. The van der Waals surface area contributed by atoms with Gasteiger partial charge < -0.3 is 0 Å². The monoisotopic (exact) mass is 466 g/mol. The number of rotatable bonds is 3. The fourth-order valence-corrected chi connectivity index (χ4v) is 6.72. The molecule has 7 heteroatoms. The lowest BCUT2D eigenvalue weighted by atomic mass is 9.46. The predicted molar refractivity (Wildman–Crippen MR) is 128 cm³/mol. The number of nitrogens with zero attached hydrogens (tertiary/aromatic N) is 2. The van der Waals surface area contributed by atoms with Gasteiger partial charge in [-0.25, -0.2) is 4.90 Å². The molecule has 3 aromatic rings. The van der Waals surface area contributed by atoms with E-state index in [2.05, 4.69) is 0 Å². The van der Waals surface area contributed by atoms with Gasteiger partial charge in [-0.1, -0.05) is 48.5 Å². The smallest absolute Gasteiger partial charge is 0.293 e. The number of Topliss-reactive ketones (excluding diaryl/α,β-unsaturated/α-hetero) is 1. The number of carbonyl (C=O) groups excluding carboxylic acids is 3. The fraction of sp³-hybridized carbons (Fsp3) is 0.250. The Morgan fingerprint density at radius 2 is 1.46 bits per heavy atom. The Hall–Kier alpha value is -4.13. The van der Waals surface area contributed by atoms with E-state index in [1.54, 1.807) is 13.8 Å². The summed E-state index contributed by atoms with van der Waals surface area (Å²) in [5.74, 6) is -3.48. The number of nitro groups is 1. The molecular formula is C28H22N2O5. The van der Waals surface area contributed by atoms with Crippen molar-refractivity contribution >= 4 is 29.0 Å². The van der Waals surface area contributed by atoms with Gasteiger partial charge in [-0.2, -0.15) is 0 Å². The number of hydrogen-bond donors (Lipinski definition) is 0. The zero-order valence-electron chi connectivity index (χ0n) is 19.4. The molecule has 7 nitrogen and oxygen atoms in total. The Labute approximate surface area is 201 Å². The van der Waals surface area contributed by atoms with Crippen molar-refractivity contribution in [1.29, 1.82) is 0 Å². The molecule has 2 atom stereocenters. The van der Waals surface area contributed by atoms with Crippen LogP contribution in [0.3, 0.4) is 0 Å². The number of aryl methyl sites for hydroxylation is 2. The highest BCUT2D eigenvalue weighted by Gasteiger charge is 2.70. The van der Waals surface area contributed by atoms with Gasteiger partial charge in [0.1, 0.15) is 11.5 Å². The van der Waals surface area contributed by atoms with E-state index < -0.39 is 39.9 Å². The van der Waals surface area contributed by atoms with Gasteiger partial charge in [-0.3, -0.25) is 24.5 Å². The number of benzene rings is 3. The Morgan fingerprint density at radius 3 is 2.00 bits per heavy atom. The minimum absolute atomic E-state index is 0.0336. The van der Waals surface area contributed by atoms with Crippen LogP contribution in [-0.4, -0.2) is 22.5 Å². The number of amides is 2. The van der Waals surface area contributed by atoms with E-state index >= 15 is 0 Å². The molecule has 35 heavy (non-hydrogen) atoms. The third kappa shape index (κ3) is 2.42. The highest BCUT2D eigenvalue weighted by atomic mass is 16.6. The van der Waals surface area contributed by atoms with Crippen LogP contribution < -0.4 is 4.90 Å². The number of nitro benzene ring substituents is 1. The molecular weight excluding hydrogens is 444 g/mol. The zero-order chi connectivity index (χ0) is 24.8. The van der Waals surface area contributed by atoms with Crippen LogP contribution in [0.5, 0.6) is 0 Å². The molecule has 1 aliphatic heterocycles. The number of ketones is 1. The van der Waals surface area contributed by atoms with Crippen LogP contribution in [0.25, 0.3) is 0 Å². The Morgan fingerprint density at radius 1 is 0.914 bits per heavy atom. The van der Waals surface area contributed by atoms with Crippen molar-refractivity contribution in [3.8, 4) is 0 Å². The van der Waals surface area contributed by atoms with Gasteiger partial charge in [0.25, 0.3) is 5.69 Å². The zero-order valence-corrected chi connectivity index (χ0v) is 19.4. The summed E-state index contributed by atoms with van der Waals surface area (Å²) >= 11 is 0.